The van der Waals surface area contributed by atoms with Gasteiger partial charge >= 0.3 is 0 Å². The monoisotopic (exact) mass is 250 g/mol. The van der Waals surface area contributed by atoms with Crippen LogP contribution in [-0.2, 0) is 11.2 Å². The van der Waals surface area contributed by atoms with E-state index in [2.05, 4.69) is 10.2 Å². The maximum Gasteiger partial charge on any atom is 0.297 e. The highest BCUT2D eigenvalue weighted by Gasteiger charge is 2.26. The number of carbonyl (C=O) groups excluding carboxylic acids is 1. The van der Waals surface area contributed by atoms with Crippen molar-refractivity contribution in [2.24, 2.45) is 0 Å². The quantitative estimate of drug-likeness (QED) is 0.767. The molecular weight excluding hydrogens is 232 g/mol. The molecule has 0 radical (unpaired) electrons. The lowest BCUT2D eigenvalue weighted by Crippen LogP contribution is -2.36. The lowest BCUT2D eigenvalue weighted by atomic mass is 10.1. The van der Waals surface area contributed by atoms with Gasteiger partial charge in [0.1, 0.15) is 5.82 Å². The fourth-order valence-corrected chi connectivity index (χ4v) is 2.33. The lowest BCUT2D eigenvalue weighted by molar-refractivity contribution is -0.120. The molecule has 0 aromatic carbocycles. The van der Waals surface area contributed by atoms with Gasteiger partial charge in [-0.25, -0.2) is 0 Å². The number of aryl methyl sites for hydroxylation is 1. The Hall–Kier alpha value is -1.72. The summed E-state index contributed by atoms with van der Waals surface area (Å²) in [6.07, 6.45) is 3.30. The molecule has 18 heavy (non-hydrogen) atoms. The number of hydrogen-bond acceptors (Lipinski definition) is 5. The van der Waals surface area contributed by atoms with E-state index in [1.165, 1.54) is 11.5 Å². The van der Waals surface area contributed by atoms with E-state index in [1.54, 1.807) is 19.0 Å². The molecule has 0 amide bonds. The molecule has 0 saturated carbocycles. The van der Waals surface area contributed by atoms with E-state index in [0.717, 1.165) is 12.8 Å². The number of nitrogens with zero attached hydrogens (tertiary/aromatic N) is 4. The number of hydrogen-bond donors (Lipinski definition) is 0. The van der Waals surface area contributed by atoms with E-state index in [9.17, 15) is 9.59 Å². The van der Waals surface area contributed by atoms with Crippen LogP contribution in [0.5, 0.6) is 0 Å². The Morgan fingerprint density at radius 1 is 1.33 bits per heavy atom. The average Bonchev–Trinajstić information content (AvgIpc) is 2.51. The second-order valence-electron chi connectivity index (χ2n) is 4.88. The number of carbonyl (C=O) groups is 1. The van der Waals surface area contributed by atoms with Gasteiger partial charge in [-0.15, -0.1) is 10.2 Å². The van der Waals surface area contributed by atoms with E-state index < -0.39 is 0 Å². The zero-order valence-corrected chi connectivity index (χ0v) is 11.0. The molecule has 0 bridgehead atoms. The van der Waals surface area contributed by atoms with Gasteiger partial charge < -0.3 is 4.90 Å². The number of ketones is 1. The third-order valence-corrected chi connectivity index (χ3v) is 3.28. The molecule has 98 valence electrons. The molecule has 1 aromatic rings. The highest BCUT2D eigenvalue weighted by atomic mass is 16.1. The summed E-state index contributed by atoms with van der Waals surface area (Å²) in [6.45, 7) is 1.53. The van der Waals surface area contributed by atoms with Gasteiger partial charge in [0.15, 0.2) is 5.78 Å². The molecule has 1 aromatic heterocycles. The number of fused-ring (bicyclic) bond motifs is 1. The van der Waals surface area contributed by atoms with Crippen LogP contribution in [0.2, 0.25) is 0 Å². The third-order valence-electron chi connectivity index (χ3n) is 3.28. The van der Waals surface area contributed by atoms with Crippen LogP contribution in [0, 0.1) is 0 Å². The third kappa shape index (κ3) is 2.14. The molecule has 0 N–H and O–H groups in total. The second kappa shape index (κ2) is 4.88. The fourth-order valence-electron chi connectivity index (χ4n) is 2.33. The summed E-state index contributed by atoms with van der Waals surface area (Å²) >= 11 is 0. The number of rotatable bonds is 2. The number of anilines is 1. The summed E-state index contributed by atoms with van der Waals surface area (Å²) in [5.74, 6) is 0.924. The van der Waals surface area contributed by atoms with Crippen molar-refractivity contribution >= 4 is 11.6 Å². The van der Waals surface area contributed by atoms with Gasteiger partial charge in [-0.1, -0.05) is 6.42 Å². The first-order chi connectivity index (χ1) is 8.52. The van der Waals surface area contributed by atoms with Crippen molar-refractivity contribution in [1.29, 1.82) is 0 Å². The van der Waals surface area contributed by atoms with E-state index >= 15 is 0 Å². The zero-order chi connectivity index (χ0) is 13.3. The minimum Gasteiger partial charge on any atom is -0.357 e. The molecular formula is C12H18N4O2. The van der Waals surface area contributed by atoms with Crippen LogP contribution in [0.15, 0.2) is 4.79 Å². The SMILES string of the molecule is CC(=O)C1CCCCc2nnc(N(C)C)c(=O)n21. The smallest absolute Gasteiger partial charge is 0.297 e. The molecule has 1 atom stereocenters. The van der Waals surface area contributed by atoms with Gasteiger partial charge in [0.2, 0.25) is 5.82 Å². The van der Waals surface area contributed by atoms with Crippen molar-refractivity contribution in [3.63, 3.8) is 0 Å². The van der Waals surface area contributed by atoms with Crippen molar-refractivity contribution in [3.05, 3.63) is 16.2 Å². The minimum atomic E-state index is -0.385. The van der Waals surface area contributed by atoms with Gasteiger partial charge in [0.05, 0.1) is 6.04 Å². The maximum atomic E-state index is 12.4. The van der Waals surface area contributed by atoms with Crippen LogP contribution in [0.25, 0.3) is 0 Å². The molecule has 0 aliphatic carbocycles. The highest BCUT2D eigenvalue weighted by Crippen LogP contribution is 2.22. The molecule has 2 rings (SSSR count). The summed E-state index contributed by atoms with van der Waals surface area (Å²) in [6, 6.07) is -0.385. The Morgan fingerprint density at radius 3 is 2.67 bits per heavy atom. The van der Waals surface area contributed by atoms with Crippen molar-refractivity contribution in [2.75, 3.05) is 19.0 Å². The number of Topliss-reactive ketones (excluding diaryl/α,β-unsaturated/α-hetero) is 1. The highest BCUT2D eigenvalue weighted by molar-refractivity contribution is 5.80. The van der Waals surface area contributed by atoms with Gasteiger partial charge in [-0.05, 0) is 19.8 Å². The molecule has 1 unspecified atom stereocenters. The predicted octanol–water partition coefficient (Wildman–Crippen LogP) is 0.561. The summed E-state index contributed by atoms with van der Waals surface area (Å²) in [5.41, 5.74) is -0.216. The molecule has 0 saturated heterocycles. The van der Waals surface area contributed by atoms with E-state index in [1.807, 2.05) is 0 Å². The predicted molar refractivity (Wildman–Crippen MR) is 67.9 cm³/mol. The largest absolute Gasteiger partial charge is 0.357 e. The average molecular weight is 250 g/mol. The van der Waals surface area contributed by atoms with Gasteiger partial charge in [0, 0.05) is 20.5 Å². The van der Waals surface area contributed by atoms with Crippen LogP contribution in [0.4, 0.5) is 5.82 Å². The lowest BCUT2D eigenvalue weighted by Gasteiger charge is -2.19. The number of aromatic nitrogens is 3. The Bertz CT molecular complexity index is 521. The van der Waals surface area contributed by atoms with Crippen molar-refractivity contribution in [2.45, 2.75) is 38.6 Å². The Kier molecular flexibility index (Phi) is 3.45. The van der Waals surface area contributed by atoms with Crippen LogP contribution >= 0.6 is 0 Å². The molecule has 0 spiro atoms. The van der Waals surface area contributed by atoms with Gasteiger partial charge in [0.25, 0.3) is 5.56 Å². The van der Waals surface area contributed by atoms with Crippen LogP contribution < -0.4 is 10.5 Å². The van der Waals surface area contributed by atoms with Crippen molar-refractivity contribution in [1.82, 2.24) is 14.8 Å². The molecule has 6 nitrogen and oxygen atoms in total. The first kappa shape index (κ1) is 12.7. The summed E-state index contributed by atoms with van der Waals surface area (Å²) < 4.78 is 1.54. The topological polar surface area (TPSA) is 68.1 Å². The summed E-state index contributed by atoms with van der Waals surface area (Å²) in [4.78, 5) is 25.7. The molecule has 2 heterocycles. The normalized spacial score (nSPS) is 18.9. The van der Waals surface area contributed by atoms with E-state index in [4.69, 9.17) is 0 Å². The van der Waals surface area contributed by atoms with E-state index in [-0.39, 0.29) is 23.2 Å². The Morgan fingerprint density at radius 2 is 2.06 bits per heavy atom. The van der Waals surface area contributed by atoms with Crippen LogP contribution in [0.3, 0.4) is 0 Å². The Balaban J connectivity index is 2.63. The van der Waals surface area contributed by atoms with Crippen LogP contribution in [0.1, 0.15) is 38.1 Å². The molecule has 1 aliphatic heterocycles. The molecule has 6 heteroatoms. The summed E-state index contributed by atoms with van der Waals surface area (Å²) in [5, 5.41) is 8.07. The minimum absolute atomic E-state index is 0.0120. The summed E-state index contributed by atoms with van der Waals surface area (Å²) in [7, 11) is 3.50. The fraction of sp³-hybridized carbons (Fsp3) is 0.667. The van der Waals surface area contributed by atoms with Crippen molar-refractivity contribution in [3.8, 4) is 0 Å². The van der Waals surface area contributed by atoms with Crippen molar-refractivity contribution < 1.29 is 4.79 Å². The first-order valence-corrected chi connectivity index (χ1v) is 6.18. The first-order valence-electron chi connectivity index (χ1n) is 6.18. The second-order valence-corrected chi connectivity index (χ2v) is 4.88. The van der Waals surface area contributed by atoms with Gasteiger partial charge in [-0.3, -0.25) is 14.2 Å². The molecule has 1 aliphatic rings. The molecule has 0 fully saturated rings. The maximum absolute atomic E-state index is 12.4. The standard InChI is InChI=1S/C12H18N4O2/c1-8(17)9-6-4-5-7-10-13-14-11(15(2)3)12(18)16(9)10/h9H,4-7H2,1-3H3. The van der Waals surface area contributed by atoms with E-state index in [0.29, 0.717) is 18.7 Å². The van der Waals surface area contributed by atoms with Crippen LogP contribution in [-0.4, -0.2) is 34.6 Å². The zero-order valence-electron chi connectivity index (χ0n) is 11.0. The Labute approximate surface area is 106 Å². The van der Waals surface area contributed by atoms with Gasteiger partial charge in [-0.2, -0.15) is 0 Å².